The lowest BCUT2D eigenvalue weighted by Crippen LogP contribution is -2.13. The number of anilines is 1. The second-order valence-electron chi connectivity index (χ2n) is 8.20. The zero-order valence-corrected chi connectivity index (χ0v) is 20.2. The van der Waals surface area contributed by atoms with Crippen molar-refractivity contribution >= 4 is 33.8 Å². The number of halogens is 4. The van der Waals surface area contributed by atoms with Crippen LogP contribution in [0.4, 0.5) is 23.2 Å². The summed E-state index contributed by atoms with van der Waals surface area (Å²) in [6.07, 6.45) is -1.34. The van der Waals surface area contributed by atoms with Crippen molar-refractivity contribution in [2.75, 3.05) is 4.72 Å². The van der Waals surface area contributed by atoms with Crippen molar-refractivity contribution in [1.29, 1.82) is 0 Å². The number of benzene rings is 4. The third-order valence-corrected chi connectivity index (χ3v) is 6.97. The SMILES string of the molecule is O=C(O)c1ccc(-c2ccc(F)cc2)cc1/C=C/c1ccc(NS(=O)(=O)c2ccc(C(F)(F)F)cc2)cc1. The molecule has 2 N–H and O–H groups in total. The molecular formula is C28H19F4NO4S. The highest BCUT2D eigenvalue weighted by Gasteiger charge is 2.30. The highest BCUT2D eigenvalue weighted by Crippen LogP contribution is 2.30. The summed E-state index contributed by atoms with van der Waals surface area (Å²) in [4.78, 5) is 11.4. The number of hydrogen-bond donors (Lipinski definition) is 2. The Morgan fingerprint density at radius 2 is 1.39 bits per heavy atom. The third kappa shape index (κ3) is 6.27. The second kappa shape index (κ2) is 10.5. The molecule has 4 rings (SSSR count). The van der Waals surface area contributed by atoms with Gasteiger partial charge in [0.05, 0.1) is 16.0 Å². The van der Waals surface area contributed by atoms with Crippen molar-refractivity contribution in [2.45, 2.75) is 11.1 Å². The molecule has 0 radical (unpaired) electrons. The van der Waals surface area contributed by atoms with Gasteiger partial charge in [0.2, 0.25) is 0 Å². The van der Waals surface area contributed by atoms with Gasteiger partial charge in [0.25, 0.3) is 10.0 Å². The summed E-state index contributed by atoms with van der Waals surface area (Å²) < 4.78 is 78.9. The van der Waals surface area contributed by atoms with E-state index >= 15 is 0 Å². The fourth-order valence-corrected chi connectivity index (χ4v) is 4.66. The summed E-state index contributed by atoms with van der Waals surface area (Å²) in [6, 6.07) is 19.8. The molecule has 0 aliphatic heterocycles. The quantitative estimate of drug-likeness (QED) is 0.192. The molecule has 0 heterocycles. The molecule has 38 heavy (non-hydrogen) atoms. The van der Waals surface area contributed by atoms with Crippen molar-refractivity contribution in [3.63, 3.8) is 0 Å². The van der Waals surface area contributed by atoms with Gasteiger partial charge in [0, 0.05) is 5.69 Å². The lowest BCUT2D eigenvalue weighted by Gasteiger charge is -2.10. The molecule has 0 aliphatic carbocycles. The van der Waals surface area contributed by atoms with Crippen LogP contribution in [0.1, 0.15) is 27.0 Å². The fraction of sp³-hybridized carbons (Fsp3) is 0.0357. The van der Waals surface area contributed by atoms with E-state index in [-0.39, 0.29) is 22.0 Å². The number of rotatable bonds is 7. The maximum absolute atomic E-state index is 13.3. The van der Waals surface area contributed by atoms with Gasteiger partial charge in [0.1, 0.15) is 5.82 Å². The van der Waals surface area contributed by atoms with Crippen LogP contribution in [0.25, 0.3) is 23.3 Å². The molecule has 0 saturated carbocycles. The molecule has 0 spiro atoms. The predicted octanol–water partition coefficient (Wildman–Crippen LogP) is 7.18. The predicted molar refractivity (Wildman–Crippen MR) is 136 cm³/mol. The molecular weight excluding hydrogens is 522 g/mol. The van der Waals surface area contributed by atoms with E-state index < -0.39 is 27.7 Å². The summed E-state index contributed by atoms with van der Waals surface area (Å²) in [5.74, 6) is -1.51. The summed E-state index contributed by atoms with van der Waals surface area (Å²) in [7, 11) is -4.12. The van der Waals surface area contributed by atoms with E-state index in [9.17, 15) is 35.9 Å². The Morgan fingerprint density at radius 3 is 1.97 bits per heavy atom. The Bertz CT molecular complexity index is 1600. The molecule has 0 atom stereocenters. The van der Waals surface area contributed by atoms with Gasteiger partial charge >= 0.3 is 12.1 Å². The molecule has 194 valence electrons. The molecule has 10 heteroatoms. The molecule has 0 aliphatic rings. The van der Waals surface area contributed by atoms with Crippen molar-refractivity contribution in [3.05, 3.63) is 119 Å². The molecule has 5 nitrogen and oxygen atoms in total. The molecule has 4 aromatic carbocycles. The maximum Gasteiger partial charge on any atom is 0.416 e. The lowest BCUT2D eigenvalue weighted by molar-refractivity contribution is -0.137. The molecule has 0 saturated heterocycles. The van der Waals surface area contributed by atoms with E-state index in [0.29, 0.717) is 34.4 Å². The Labute approximate surface area is 215 Å². The fourth-order valence-electron chi connectivity index (χ4n) is 3.60. The zero-order valence-electron chi connectivity index (χ0n) is 19.4. The zero-order chi connectivity index (χ0) is 27.5. The van der Waals surface area contributed by atoms with Gasteiger partial charge in [0.15, 0.2) is 0 Å². The number of carbonyl (C=O) groups is 1. The second-order valence-corrected chi connectivity index (χ2v) is 9.88. The minimum absolute atomic E-state index is 0.0630. The first kappa shape index (κ1) is 26.6. The highest BCUT2D eigenvalue weighted by molar-refractivity contribution is 7.92. The number of sulfonamides is 1. The van der Waals surface area contributed by atoms with E-state index in [1.54, 1.807) is 48.6 Å². The van der Waals surface area contributed by atoms with Gasteiger partial charge in [-0.05, 0) is 82.9 Å². The van der Waals surface area contributed by atoms with E-state index in [2.05, 4.69) is 4.72 Å². The van der Waals surface area contributed by atoms with Crippen molar-refractivity contribution in [1.82, 2.24) is 0 Å². The first-order valence-corrected chi connectivity index (χ1v) is 12.5. The van der Waals surface area contributed by atoms with E-state index in [0.717, 1.165) is 12.1 Å². The first-order chi connectivity index (χ1) is 17.9. The van der Waals surface area contributed by atoms with Crippen LogP contribution in [0, 0.1) is 5.82 Å². The van der Waals surface area contributed by atoms with Crippen LogP contribution in [0.3, 0.4) is 0 Å². The van der Waals surface area contributed by atoms with Crippen molar-refractivity contribution in [2.24, 2.45) is 0 Å². The third-order valence-electron chi connectivity index (χ3n) is 5.57. The molecule has 0 amide bonds. The van der Waals surface area contributed by atoms with Crippen LogP contribution in [-0.2, 0) is 16.2 Å². The monoisotopic (exact) mass is 541 g/mol. The van der Waals surface area contributed by atoms with E-state index in [4.69, 9.17) is 0 Å². The number of hydrogen-bond acceptors (Lipinski definition) is 3. The van der Waals surface area contributed by atoms with Crippen LogP contribution >= 0.6 is 0 Å². The van der Waals surface area contributed by atoms with Gasteiger partial charge in [-0.2, -0.15) is 13.2 Å². The number of carboxylic acids is 1. The summed E-state index contributed by atoms with van der Waals surface area (Å²) >= 11 is 0. The Morgan fingerprint density at radius 1 is 0.789 bits per heavy atom. The molecule has 0 aromatic heterocycles. The number of aromatic carboxylic acids is 1. The Hall–Kier alpha value is -4.44. The normalized spacial score (nSPS) is 12.0. The summed E-state index contributed by atoms with van der Waals surface area (Å²) in [6.45, 7) is 0. The maximum atomic E-state index is 13.3. The van der Waals surface area contributed by atoms with Gasteiger partial charge in [-0.15, -0.1) is 0 Å². The molecule has 0 unspecified atom stereocenters. The van der Waals surface area contributed by atoms with Gasteiger partial charge in [-0.1, -0.05) is 42.5 Å². The van der Waals surface area contributed by atoms with E-state index in [1.165, 1.54) is 30.3 Å². The number of alkyl halides is 3. The van der Waals surface area contributed by atoms with Crippen molar-refractivity contribution in [3.8, 4) is 11.1 Å². The molecule has 0 bridgehead atoms. The molecule has 4 aromatic rings. The van der Waals surface area contributed by atoms with Crippen LogP contribution in [0.2, 0.25) is 0 Å². The summed E-state index contributed by atoms with van der Waals surface area (Å²) in [5, 5.41) is 9.55. The van der Waals surface area contributed by atoms with Crippen molar-refractivity contribution < 1.29 is 35.9 Å². The van der Waals surface area contributed by atoms with Crippen LogP contribution < -0.4 is 4.72 Å². The van der Waals surface area contributed by atoms with Crippen LogP contribution in [0.15, 0.2) is 95.9 Å². The minimum Gasteiger partial charge on any atom is -0.478 e. The Kier molecular flexibility index (Phi) is 7.36. The standard InChI is InChI=1S/C28H19F4NO4S/c29-23-10-5-19(6-11-23)20-7-16-26(27(34)35)21(17-20)4-1-18-2-12-24(13-3-18)33-38(36,37)25-14-8-22(9-15-25)28(30,31)32/h1-17,33H,(H,34,35)/b4-1+. The average Bonchev–Trinajstić information content (AvgIpc) is 2.88. The topological polar surface area (TPSA) is 83.5 Å². The smallest absolute Gasteiger partial charge is 0.416 e. The largest absolute Gasteiger partial charge is 0.478 e. The summed E-state index contributed by atoms with van der Waals surface area (Å²) in [5.41, 5.74) is 1.74. The first-order valence-electron chi connectivity index (χ1n) is 11.0. The Balaban J connectivity index is 1.53. The van der Waals surface area contributed by atoms with Gasteiger partial charge in [-0.3, -0.25) is 4.72 Å². The highest BCUT2D eigenvalue weighted by atomic mass is 32.2. The van der Waals surface area contributed by atoms with E-state index in [1.807, 2.05) is 0 Å². The minimum atomic E-state index is -4.58. The average molecular weight is 542 g/mol. The van der Waals surface area contributed by atoms with Crippen LogP contribution in [0.5, 0.6) is 0 Å². The van der Waals surface area contributed by atoms with Gasteiger partial charge in [-0.25, -0.2) is 17.6 Å². The molecule has 0 fully saturated rings. The lowest BCUT2D eigenvalue weighted by atomic mass is 9.98. The van der Waals surface area contributed by atoms with Gasteiger partial charge < -0.3 is 5.11 Å². The number of nitrogens with one attached hydrogen (secondary N) is 1. The van der Waals surface area contributed by atoms with Crippen LogP contribution in [-0.4, -0.2) is 19.5 Å². The number of carboxylic acid groups (broad SMARTS) is 1.